The van der Waals surface area contributed by atoms with Crippen LogP contribution >= 0.6 is 27.5 Å². The van der Waals surface area contributed by atoms with Crippen molar-refractivity contribution in [3.05, 3.63) is 34.3 Å². The average Bonchev–Trinajstić information content (AvgIpc) is 2.30. The van der Waals surface area contributed by atoms with Crippen molar-refractivity contribution in [2.45, 2.75) is 5.92 Å². The van der Waals surface area contributed by atoms with Gasteiger partial charge in [0.15, 0.2) is 0 Å². The number of halogens is 2. The lowest BCUT2D eigenvalue weighted by Crippen LogP contribution is -2.43. The minimum Gasteiger partial charge on any atom is -0.312 e. The number of hydrogen-bond acceptors (Lipinski definition) is 2. The SMILES string of the molecule is O=C1N=C(CCl)NC(=O)C1c1ccc(Br)cc1. The summed E-state index contributed by atoms with van der Waals surface area (Å²) in [5.74, 6) is -1.52. The Balaban J connectivity index is 2.34. The van der Waals surface area contributed by atoms with Crippen LogP contribution in [-0.4, -0.2) is 23.5 Å². The lowest BCUT2D eigenvalue weighted by molar-refractivity contribution is -0.129. The molecule has 0 spiro atoms. The minimum absolute atomic E-state index is 0.0184. The van der Waals surface area contributed by atoms with Crippen LogP contribution in [0.4, 0.5) is 0 Å². The zero-order valence-corrected chi connectivity index (χ0v) is 11.0. The topological polar surface area (TPSA) is 58.5 Å². The number of nitrogens with zero attached hydrogens (tertiary/aromatic N) is 1. The number of hydrogen-bond donors (Lipinski definition) is 1. The van der Waals surface area contributed by atoms with E-state index in [-0.39, 0.29) is 17.6 Å². The second-order valence-corrected chi connectivity index (χ2v) is 4.69. The van der Waals surface area contributed by atoms with E-state index in [0.717, 1.165) is 4.47 Å². The molecule has 0 radical (unpaired) electrons. The zero-order valence-electron chi connectivity index (χ0n) is 8.61. The van der Waals surface area contributed by atoms with E-state index in [1.54, 1.807) is 24.3 Å². The van der Waals surface area contributed by atoms with Crippen LogP contribution in [0.2, 0.25) is 0 Å². The lowest BCUT2D eigenvalue weighted by atomic mass is 9.96. The Kier molecular flexibility index (Phi) is 3.59. The average molecular weight is 316 g/mol. The van der Waals surface area contributed by atoms with Crippen LogP contribution in [0.15, 0.2) is 33.7 Å². The molecule has 1 aromatic carbocycles. The van der Waals surface area contributed by atoms with E-state index in [2.05, 4.69) is 26.2 Å². The number of benzene rings is 1. The lowest BCUT2D eigenvalue weighted by Gasteiger charge is -2.19. The van der Waals surface area contributed by atoms with E-state index in [1.165, 1.54) is 0 Å². The van der Waals surface area contributed by atoms with Gasteiger partial charge in [0, 0.05) is 4.47 Å². The first-order valence-corrected chi connectivity index (χ1v) is 6.18. The Morgan fingerprint density at radius 1 is 1.29 bits per heavy atom. The van der Waals surface area contributed by atoms with E-state index in [4.69, 9.17) is 11.6 Å². The predicted molar refractivity (Wildman–Crippen MR) is 68.2 cm³/mol. The fourth-order valence-electron chi connectivity index (χ4n) is 1.56. The molecule has 6 heteroatoms. The van der Waals surface area contributed by atoms with Gasteiger partial charge in [-0.2, -0.15) is 4.99 Å². The Labute approximate surface area is 111 Å². The van der Waals surface area contributed by atoms with E-state index in [0.29, 0.717) is 5.56 Å². The molecule has 2 amide bonds. The van der Waals surface area contributed by atoms with Crippen molar-refractivity contribution in [3.8, 4) is 0 Å². The second-order valence-electron chi connectivity index (χ2n) is 3.50. The zero-order chi connectivity index (χ0) is 12.4. The summed E-state index contributed by atoms with van der Waals surface area (Å²) in [6, 6.07) is 6.98. The standard InChI is InChI=1S/C11H8BrClN2O2/c12-7-3-1-6(2-4-7)9-10(16)14-8(5-13)15-11(9)17/h1-4,9H,5H2,(H,14,15,16,17). The molecule has 1 aliphatic heterocycles. The van der Waals surface area contributed by atoms with Gasteiger partial charge in [-0.05, 0) is 17.7 Å². The molecule has 0 saturated carbocycles. The van der Waals surface area contributed by atoms with Crippen molar-refractivity contribution in [1.29, 1.82) is 0 Å². The van der Waals surface area contributed by atoms with Gasteiger partial charge in [0.05, 0.1) is 5.88 Å². The summed E-state index contributed by atoms with van der Waals surface area (Å²) in [6.07, 6.45) is 0. The summed E-state index contributed by atoms with van der Waals surface area (Å²) < 4.78 is 0.884. The molecule has 17 heavy (non-hydrogen) atoms. The molecule has 1 N–H and O–H groups in total. The van der Waals surface area contributed by atoms with Gasteiger partial charge < -0.3 is 5.32 Å². The largest absolute Gasteiger partial charge is 0.312 e. The summed E-state index contributed by atoms with van der Waals surface area (Å²) in [5, 5.41) is 2.51. The maximum absolute atomic E-state index is 11.8. The van der Waals surface area contributed by atoms with E-state index in [1.807, 2.05) is 0 Å². The highest BCUT2D eigenvalue weighted by molar-refractivity contribution is 9.10. The van der Waals surface area contributed by atoms with E-state index < -0.39 is 11.8 Å². The summed E-state index contributed by atoms with van der Waals surface area (Å²) in [5.41, 5.74) is 0.619. The molecule has 0 saturated heterocycles. The first-order chi connectivity index (χ1) is 8.11. The molecule has 1 atom stereocenters. The summed E-state index contributed by atoms with van der Waals surface area (Å²) in [4.78, 5) is 27.3. The third-order valence-corrected chi connectivity index (χ3v) is 3.13. The quantitative estimate of drug-likeness (QED) is 0.668. The van der Waals surface area contributed by atoms with Gasteiger partial charge in [-0.1, -0.05) is 28.1 Å². The maximum Gasteiger partial charge on any atom is 0.264 e. The molecular weight excluding hydrogens is 307 g/mol. The Bertz CT molecular complexity index is 499. The second kappa shape index (κ2) is 4.98. The summed E-state index contributed by atoms with van der Waals surface area (Å²) in [6.45, 7) is 0. The molecular formula is C11H8BrClN2O2. The molecule has 0 aliphatic carbocycles. The number of aliphatic imine (C=N–C) groups is 1. The monoisotopic (exact) mass is 314 g/mol. The maximum atomic E-state index is 11.8. The molecule has 1 heterocycles. The van der Waals surface area contributed by atoms with Crippen LogP contribution in [0.5, 0.6) is 0 Å². The highest BCUT2D eigenvalue weighted by atomic mass is 79.9. The highest BCUT2D eigenvalue weighted by Crippen LogP contribution is 2.22. The molecule has 4 nitrogen and oxygen atoms in total. The van der Waals surface area contributed by atoms with Crippen molar-refractivity contribution < 1.29 is 9.59 Å². The first kappa shape index (κ1) is 12.3. The van der Waals surface area contributed by atoms with Crippen molar-refractivity contribution in [2.75, 3.05) is 5.88 Å². The number of nitrogens with one attached hydrogen (secondary N) is 1. The number of carbonyl (C=O) groups is 2. The van der Waals surface area contributed by atoms with Gasteiger partial charge in [-0.3, -0.25) is 9.59 Å². The third-order valence-electron chi connectivity index (χ3n) is 2.35. The number of amides is 2. The molecule has 0 fully saturated rings. The van der Waals surface area contributed by atoms with Crippen molar-refractivity contribution in [3.63, 3.8) is 0 Å². The normalized spacial score (nSPS) is 19.9. The van der Waals surface area contributed by atoms with Gasteiger partial charge in [0.2, 0.25) is 5.91 Å². The molecule has 1 aliphatic rings. The predicted octanol–water partition coefficient (Wildman–Crippen LogP) is 1.83. The molecule has 0 aromatic heterocycles. The molecule has 2 rings (SSSR count). The fourth-order valence-corrected chi connectivity index (χ4v) is 1.96. The Hall–Kier alpha value is -1.20. The van der Waals surface area contributed by atoms with Crippen molar-refractivity contribution in [2.24, 2.45) is 4.99 Å². The van der Waals surface area contributed by atoms with Gasteiger partial charge >= 0.3 is 0 Å². The van der Waals surface area contributed by atoms with Gasteiger partial charge in [0.1, 0.15) is 11.8 Å². The van der Waals surface area contributed by atoms with E-state index in [9.17, 15) is 9.59 Å². The molecule has 1 unspecified atom stereocenters. The van der Waals surface area contributed by atoms with Crippen LogP contribution in [0.3, 0.4) is 0 Å². The van der Waals surface area contributed by atoms with Gasteiger partial charge in [0.25, 0.3) is 5.91 Å². The number of alkyl halides is 1. The fraction of sp³-hybridized carbons (Fsp3) is 0.182. The van der Waals surface area contributed by atoms with Crippen molar-refractivity contribution >= 4 is 45.2 Å². The summed E-state index contributed by atoms with van der Waals surface area (Å²) >= 11 is 8.81. The Morgan fingerprint density at radius 2 is 1.94 bits per heavy atom. The number of rotatable bonds is 2. The third kappa shape index (κ3) is 2.56. The minimum atomic E-state index is -0.880. The van der Waals surface area contributed by atoms with Crippen LogP contribution in [-0.2, 0) is 9.59 Å². The smallest absolute Gasteiger partial charge is 0.264 e. The van der Waals surface area contributed by atoms with Crippen LogP contribution in [0, 0.1) is 0 Å². The van der Waals surface area contributed by atoms with Gasteiger partial charge in [-0.15, -0.1) is 11.6 Å². The van der Waals surface area contributed by atoms with Gasteiger partial charge in [-0.25, -0.2) is 0 Å². The van der Waals surface area contributed by atoms with Crippen LogP contribution in [0.25, 0.3) is 0 Å². The highest BCUT2D eigenvalue weighted by Gasteiger charge is 2.32. The number of carbonyl (C=O) groups excluding carboxylic acids is 2. The van der Waals surface area contributed by atoms with Crippen molar-refractivity contribution in [1.82, 2.24) is 5.32 Å². The Morgan fingerprint density at radius 3 is 2.47 bits per heavy atom. The first-order valence-electron chi connectivity index (χ1n) is 4.85. The van der Waals surface area contributed by atoms with Crippen LogP contribution in [0.1, 0.15) is 11.5 Å². The summed E-state index contributed by atoms with van der Waals surface area (Å²) in [7, 11) is 0. The van der Waals surface area contributed by atoms with E-state index >= 15 is 0 Å². The molecule has 88 valence electrons. The van der Waals surface area contributed by atoms with Crippen LogP contribution < -0.4 is 5.32 Å². The molecule has 0 bridgehead atoms. The molecule has 1 aromatic rings. The number of amidine groups is 1.